The number of benzene rings is 2. The Labute approximate surface area is 234 Å². The second-order valence-corrected chi connectivity index (χ2v) is 9.81. The summed E-state index contributed by atoms with van der Waals surface area (Å²) < 4.78 is 4.77. The average Bonchev–Trinajstić information content (AvgIpc) is 3.22. The van der Waals surface area contributed by atoms with Crippen LogP contribution in [0.4, 0.5) is 5.69 Å². The van der Waals surface area contributed by atoms with Crippen LogP contribution in [0, 0.1) is 10.1 Å². The molecule has 1 atom stereocenters. The summed E-state index contributed by atoms with van der Waals surface area (Å²) in [5, 5.41) is 22.3. The molecule has 1 N–H and O–H groups in total. The van der Waals surface area contributed by atoms with Gasteiger partial charge >= 0.3 is 5.97 Å². The Hall–Kier alpha value is -4.05. The molecule has 0 unspecified atom stereocenters. The number of amides is 1. The number of carbonyl (C=O) groups excluding carboxylic acids is 3. The molecule has 3 rings (SSSR count). The van der Waals surface area contributed by atoms with Crippen molar-refractivity contribution in [3.63, 3.8) is 0 Å². The molecule has 214 valence electrons. The number of ether oxygens (including phenoxy) is 1. The first kappa shape index (κ1) is 30.5. The third-order valence-electron chi connectivity index (χ3n) is 7.07. The molecule has 10 heteroatoms. The number of esters is 1. The van der Waals surface area contributed by atoms with Gasteiger partial charge in [0.1, 0.15) is 5.76 Å². The third kappa shape index (κ3) is 7.12. The van der Waals surface area contributed by atoms with E-state index in [-0.39, 0.29) is 16.8 Å². The van der Waals surface area contributed by atoms with E-state index in [2.05, 4.69) is 18.7 Å². The van der Waals surface area contributed by atoms with Crippen LogP contribution in [0.3, 0.4) is 0 Å². The van der Waals surface area contributed by atoms with Crippen LogP contribution in [-0.2, 0) is 14.3 Å². The molecule has 0 saturated carbocycles. The summed E-state index contributed by atoms with van der Waals surface area (Å²) >= 11 is 0. The van der Waals surface area contributed by atoms with Crippen molar-refractivity contribution in [2.75, 3.05) is 33.3 Å². The van der Waals surface area contributed by atoms with Gasteiger partial charge in [0.05, 0.1) is 29.2 Å². The van der Waals surface area contributed by atoms with Crippen molar-refractivity contribution in [2.45, 2.75) is 52.0 Å². The number of methoxy groups -OCH3 is 1. The number of ketones is 1. The number of rotatable bonds is 14. The van der Waals surface area contributed by atoms with Crippen LogP contribution in [0.25, 0.3) is 5.76 Å². The summed E-state index contributed by atoms with van der Waals surface area (Å²) in [6, 6.07) is 10.6. The third-order valence-corrected chi connectivity index (χ3v) is 7.07. The molecule has 0 radical (unpaired) electrons. The van der Waals surface area contributed by atoms with E-state index in [0.717, 1.165) is 45.3 Å². The molecule has 40 heavy (non-hydrogen) atoms. The maximum atomic E-state index is 13.3. The van der Waals surface area contributed by atoms with E-state index in [1.165, 1.54) is 36.3 Å². The standard InChI is InChI=1S/C30H37N3O7/c1-4-6-17-31(18-7-5-2)19-8-20-32-26(21-9-11-23(12-10-21)30(37)40-3)25(28(35)29(32)36)27(34)22-13-15-24(16-14-22)33(38)39/h9-16,26,34H,4-8,17-20H2,1-3H3/t26-/m0/s1. The molecule has 1 aliphatic heterocycles. The number of hydrogen-bond donors (Lipinski definition) is 1. The van der Waals surface area contributed by atoms with Crippen molar-refractivity contribution >= 4 is 29.1 Å². The number of unbranched alkanes of at least 4 members (excludes halogenated alkanes) is 2. The van der Waals surface area contributed by atoms with Gasteiger partial charge in [-0.3, -0.25) is 19.7 Å². The van der Waals surface area contributed by atoms with E-state index in [4.69, 9.17) is 4.74 Å². The normalized spacial score (nSPS) is 16.5. The van der Waals surface area contributed by atoms with Gasteiger partial charge in [-0.1, -0.05) is 38.8 Å². The Morgan fingerprint density at radius 3 is 2.02 bits per heavy atom. The lowest BCUT2D eigenvalue weighted by molar-refractivity contribution is -0.384. The van der Waals surface area contributed by atoms with Gasteiger partial charge in [0, 0.05) is 24.2 Å². The molecule has 1 aliphatic rings. The number of non-ortho nitro benzene ring substituents is 1. The molecule has 0 aliphatic carbocycles. The van der Waals surface area contributed by atoms with Gasteiger partial charge in [0.2, 0.25) is 0 Å². The van der Waals surface area contributed by atoms with Crippen LogP contribution in [-0.4, -0.2) is 70.8 Å². The first-order chi connectivity index (χ1) is 19.2. The molecule has 1 amide bonds. The topological polar surface area (TPSA) is 130 Å². The lowest BCUT2D eigenvalue weighted by Crippen LogP contribution is -2.34. The van der Waals surface area contributed by atoms with E-state index in [1.807, 2.05) is 0 Å². The fourth-order valence-electron chi connectivity index (χ4n) is 4.84. The lowest BCUT2D eigenvalue weighted by atomic mass is 9.94. The van der Waals surface area contributed by atoms with Crippen LogP contribution in [0.5, 0.6) is 0 Å². The van der Waals surface area contributed by atoms with Crippen molar-refractivity contribution in [3.05, 3.63) is 80.9 Å². The van der Waals surface area contributed by atoms with Crippen molar-refractivity contribution in [3.8, 4) is 0 Å². The molecule has 2 aromatic rings. The first-order valence-electron chi connectivity index (χ1n) is 13.7. The van der Waals surface area contributed by atoms with E-state index in [9.17, 15) is 29.6 Å². The van der Waals surface area contributed by atoms with Crippen LogP contribution < -0.4 is 0 Å². The fourth-order valence-corrected chi connectivity index (χ4v) is 4.84. The molecule has 10 nitrogen and oxygen atoms in total. The highest BCUT2D eigenvalue weighted by molar-refractivity contribution is 6.46. The van der Waals surface area contributed by atoms with Crippen LogP contribution in [0.1, 0.15) is 73.5 Å². The molecule has 0 spiro atoms. The lowest BCUT2D eigenvalue weighted by Gasteiger charge is -2.27. The Bertz CT molecular complexity index is 1230. The number of Topliss-reactive ketones (excluding diaryl/α,β-unsaturated/α-hetero) is 1. The number of hydrogen-bond acceptors (Lipinski definition) is 8. The predicted molar refractivity (Wildman–Crippen MR) is 151 cm³/mol. The summed E-state index contributed by atoms with van der Waals surface area (Å²) in [6.07, 6.45) is 4.96. The van der Waals surface area contributed by atoms with Gasteiger partial charge in [-0.25, -0.2) is 4.79 Å². The van der Waals surface area contributed by atoms with E-state index < -0.39 is 34.4 Å². The second-order valence-electron chi connectivity index (χ2n) is 9.81. The number of nitrogens with zero attached hydrogens (tertiary/aromatic N) is 3. The maximum absolute atomic E-state index is 13.3. The van der Waals surface area contributed by atoms with Crippen LogP contribution in [0.15, 0.2) is 54.1 Å². The summed E-state index contributed by atoms with van der Waals surface area (Å²) in [7, 11) is 1.28. The molecule has 1 saturated heterocycles. The molecule has 0 bridgehead atoms. The van der Waals surface area contributed by atoms with Crippen molar-refractivity contribution in [1.29, 1.82) is 0 Å². The average molecular weight is 552 g/mol. The number of nitro benzene ring substituents is 1. The van der Waals surface area contributed by atoms with Gasteiger partial charge in [0.25, 0.3) is 17.4 Å². The minimum Gasteiger partial charge on any atom is -0.507 e. The summed E-state index contributed by atoms with van der Waals surface area (Å²) in [4.78, 5) is 52.9. The largest absolute Gasteiger partial charge is 0.507 e. The molecule has 1 fully saturated rings. The van der Waals surface area contributed by atoms with Crippen LogP contribution >= 0.6 is 0 Å². The molecule has 1 heterocycles. The first-order valence-corrected chi connectivity index (χ1v) is 13.7. The number of aliphatic hydroxyl groups is 1. The molecular weight excluding hydrogens is 514 g/mol. The van der Waals surface area contributed by atoms with Crippen LogP contribution in [0.2, 0.25) is 0 Å². The number of likely N-dealkylation sites (tertiary alicyclic amines) is 1. The smallest absolute Gasteiger partial charge is 0.337 e. The Balaban J connectivity index is 1.97. The zero-order chi connectivity index (χ0) is 29.2. The Morgan fingerprint density at radius 1 is 0.950 bits per heavy atom. The van der Waals surface area contributed by atoms with Gasteiger partial charge in [0.15, 0.2) is 0 Å². The minimum absolute atomic E-state index is 0.0986. The summed E-state index contributed by atoms with van der Waals surface area (Å²) in [6.45, 7) is 7.28. The monoisotopic (exact) mass is 551 g/mol. The van der Waals surface area contributed by atoms with Crippen molar-refractivity contribution in [1.82, 2.24) is 9.80 Å². The highest BCUT2D eigenvalue weighted by Crippen LogP contribution is 2.39. The zero-order valence-electron chi connectivity index (χ0n) is 23.3. The molecule has 0 aromatic heterocycles. The summed E-state index contributed by atoms with van der Waals surface area (Å²) in [5.74, 6) is -2.48. The van der Waals surface area contributed by atoms with E-state index in [0.29, 0.717) is 24.1 Å². The van der Waals surface area contributed by atoms with Crippen molar-refractivity contribution < 1.29 is 29.2 Å². The Kier molecular flexibility index (Phi) is 11.0. The fraction of sp³-hybridized carbons (Fsp3) is 0.433. The highest BCUT2D eigenvalue weighted by Gasteiger charge is 2.45. The van der Waals surface area contributed by atoms with Gasteiger partial charge in [-0.2, -0.15) is 0 Å². The van der Waals surface area contributed by atoms with Gasteiger partial charge < -0.3 is 19.6 Å². The van der Waals surface area contributed by atoms with E-state index in [1.54, 1.807) is 24.3 Å². The number of aliphatic hydroxyl groups excluding tert-OH is 1. The van der Waals surface area contributed by atoms with Gasteiger partial charge in [-0.05, 0) is 68.7 Å². The second kappa shape index (κ2) is 14.4. The molecule has 2 aromatic carbocycles. The highest BCUT2D eigenvalue weighted by atomic mass is 16.6. The maximum Gasteiger partial charge on any atom is 0.337 e. The SMILES string of the molecule is CCCCN(CCCC)CCCN1C(=O)C(=O)C(=C(O)c2ccc([N+](=O)[O-])cc2)[C@@H]1c1ccc(C(=O)OC)cc1. The number of nitro groups is 1. The predicted octanol–water partition coefficient (Wildman–Crippen LogP) is 5.10. The van der Waals surface area contributed by atoms with Crippen molar-refractivity contribution in [2.24, 2.45) is 0 Å². The summed E-state index contributed by atoms with van der Waals surface area (Å²) in [5.41, 5.74) is 0.774. The zero-order valence-corrected chi connectivity index (χ0v) is 23.3. The Morgan fingerprint density at radius 2 is 1.50 bits per heavy atom. The minimum atomic E-state index is -0.887. The van der Waals surface area contributed by atoms with E-state index >= 15 is 0 Å². The molecular formula is C30H37N3O7. The quantitative estimate of drug-likeness (QED) is 0.0858. The van der Waals surface area contributed by atoms with Gasteiger partial charge in [-0.15, -0.1) is 0 Å². The number of carbonyl (C=O) groups is 3.